The van der Waals surface area contributed by atoms with Crippen molar-refractivity contribution in [2.75, 3.05) is 11.6 Å². The van der Waals surface area contributed by atoms with E-state index in [1.807, 2.05) is 18.2 Å². The van der Waals surface area contributed by atoms with E-state index in [-0.39, 0.29) is 6.42 Å². The van der Waals surface area contributed by atoms with E-state index in [0.29, 0.717) is 5.75 Å². The van der Waals surface area contributed by atoms with Gasteiger partial charge in [0.15, 0.2) is 0 Å². The zero-order chi connectivity index (χ0) is 10.9. The van der Waals surface area contributed by atoms with Crippen LogP contribution in [0.1, 0.15) is 12.0 Å². The van der Waals surface area contributed by atoms with Crippen LogP contribution in [0.15, 0.2) is 30.3 Å². The normalized spacial score (nSPS) is 10.1. The molecule has 0 aliphatic carbocycles. The third kappa shape index (κ3) is 6.14. The molecule has 0 aliphatic rings. The van der Waals surface area contributed by atoms with Crippen molar-refractivity contribution in [3.63, 3.8) is 0 Å². The lowest BCUT2D eigenvalue weighted by Gasteiger charge is -2.03. The van der Waals surface area contributed by atoms with Gasteiger partial charge in [0, 0.05) is 18.2 Å². The molecule has 0 saturated carbocycles. The molecule has 1 aromatic carbocycles. The maximum absolute atomic E-state index is 10.2. The zero-order valence-electron chi connectivity index (χ0n) is 8.48. The molecule has 0 radical (unpaired) electrons. The summed E-state index contributed by atoms with van der Waals surface area (Å²) in [6.07, 6.45) is 0.234. The summed E-state index contributed by atoms with van der Waals surface area (Å²) in [6, 6.07) is 10.1. The van der Waals surface area contributed by atoms with E-state index in [1.165, 1.54) is 5.56 Å². The first-order valence-corrected chi connectivity index (χ1v) is 5.98. The molecular weight excluding hydrogens is 210 g/mol. The van der Waals surface area contributed by atoms with Crippen molar-refractivity contribution in [2.45, 2.75) is 13.0 Å². The standard InChI is InChI=1S/C11H15NO2S/c13-11(14)6-7-15-9-12-8-10-4-2-1-3-5-10/h1-5,12H,6-9H2,(H,13,14). The molecule has 0 bridgehead atoms. The summed E-state index contributed by atoms with van der Waals surface area (Å²) in [7, 11) is 0. The van der Waals surface area contributed by atoms with Crippen LogP contribution in [0, 0.1) is 0 Å². The van der Waals surface area contributed by atoms with E-state index in [9.17, 15) is 4.79 Å². The highest BCUT2D eigenvalue weighted by Gasteiger charge is 1.96. The van der Waals surface area contributed by atoms with Crippen LogP contribution < -0.4 is 5.32 Å². The van der Waals surface area contributed by atoms with Crippen molar-refractivity contribution in [1.82, 2.24) is 5.32 Å². The van der Waals surface area contributed by atoms with Crippen LogP contribution in [0.25, 0.3) is 0 Å². The molecular formula is C11H15NO2S. The van der Waals surface area contributed by atoms with Crippen LogP contribution in [-0.4, -0.2) is 22.7 Å². The highest BCUT2D eigenvalue weighted by Crippen LogP contribution is 2.02. The summed E-state index contributed by atoms with van der Waals surface area (Å²) in [5, 5.41) is 11.7. The predicted octanol–water partition coefficient (Wildman–Crippen LogP) is 1.94. The molecule has 1 aromatic rings. The second-order valence-electron chi connectivity index (χ2n) is 3.11. The highest BCUT2D eigenvalue weighted by atomic mass is 32.2. The van der Waals surface area contributed by atoms with E-state index in [0.717, 1.165) is 12.4 Å². The Morgan fingerprint density at radius 1 is 1.33 bits per heavy atom. The Morgan fingerprint density at radius 2 is 2.07 bits per heavy atom. The summed E-state index contributed by atoms with van der Waals surface area (Å²) in [6.45, 7) is 0.834. The second-order valence-corrected chi connectivity index (χ2v) is 4.21. The minimum Gasteiger partial charge on any atom is -0.481 e. The Morgan fingerprint density at radius 3 is 2.73 bits per heavy atom. The SMILES string of the molecule is O=C(O)CCSCNCc1ccccc1. The van der Waals surface area contributed by atoms with Gasteiger partial charge >= 0.3 is 5.97 Å². The van der Waals surface area contributed by atoms with Gasteiger partial charge in [0.1, 0.15) is 0 Å². The summed E-state index contributed by atoms with van der Waals surface area (Å²) < 4.78 is 0. The largest absolute Gasteiger partial charge is 0.481 e. The number of rotatable bonds is 7. The highest BCUT2D eigenvalue weighted by molar-refractivity contribution is 7.99. The van der Waals surface area contributed by atoms with E-state index >= 15 is 0 Å². The number of benzene rings is 1. The summed E-state index contributed by atoms with van der Waals surface area (Å²) in [4.78, 5) is 10.2. The Hall–Kier alpha value is -1.00. The first kappa shape index (κ1) is 12.1. The molecule has 0 aromatic heterocycles. The van der Waals surface area contributed by atoms with Crippen LogP contribution in [-0.2, 0) is 11.3 Å². The molecule has 3 nitrogen and oxygen atoms in total. The van der Waals surface area contributed by atoms with Gasteiger partial charge in [0.25, 0.3) is 0 Å². The maximum atomic E-state index is 10.2. The van der Waals surface area contributed by atoms with Gasteiger partial charge in [0.05, 0.1) is 6.42 Å². The third-order valence-electron chi connectivity index (χ3n) is 1.84. The lowest BCUT2D eigenvalue weighted by Crippen LogP contribution is -2.12. The lowest BCUT2D eigenvalue weighted by atomic mass is 10.2. The van der Waals surface area contributed by atoms with Crippen molar-refractivity contribution >= 4 is 17.7 Å². The van der Waals surface area contributed by atoms with Gasteiger partial charge in [-0.15, -0.1) is 11.8 Å². The minimum absolute atomic E-state index is 0.234. The van der Waals surface area contributed by atoms with Gasteiger partial charge < -0.3 is 10.4 Å². The number of hydrogen-bond acceptors (Lipinski definition) is 3. The number of carbonyl (C=O) groups is 1. The number of carboxylic acid groups (broad SMARTS) is 1. The van der Waals surface area contributed by atoms with E-state index < -0.39 is 5.97 Å². The fourth-order valence-electron chi connectivity index (χ4n) is 1.10. The van der Waals surface area contributed by atoms with Crippen LogP contribution >= 0.6 is 11.8 Å². The van der Waals surface area contributed by atoms with Crippen molar-refractivity contribution in [3.05, 3.63) is 35.9 Å². The van der Waals surface area contributed by atoms with Crippen LogP contribution in [0.4, 0.5) is 0 Å². The van der Waals surface area contributed by atoms with Crippen molar-refractivity contribution < 1.29 is 9.90 Å². The molecule has 0 fully saturated rings. The van der Waals surface area contributed by atoms with Crippen LogP contribution in [0.3, 0.4) is 0 Å². The van der Waals surface area contributed by atoms with Gasteiger partial charge in [-0.25, -0.2) is 0 Å². The molecule has 0 saturated heterocycles. The van der Waals surface area contributed by atoms with Gasteiger partial charge in [-0.05, 0) is 5.56 Å². The lowest BCUT2D eigenvalue weighted by molar-refractivity contribution is -0.136. The maximum Gasteiger partial charge on any atom is 0.304 e. The average Bonchev–Trinajstić information content (AvgIpc) is 2.24. The van der Waals surface area contributed by atoms with E-state index in [1.54, 1.807) is 11.8 Å². The monoisotopic (exact) mass is 225 g/mol. The molecule has 2 N–H and O–H groups in total. The number of nitrogens with one attached hydrogen (secondary N) is 1. The van der Waals surface area contributed by atoms with Gasteiger partial charge in [-0.3, -0.25) is 4.79 Å². The molecule has 0 heterocycles. The molecule has 0 atom stereocenters. The Labute approximate surface area is 93.9 Å². The molecule has 0 aliphatic heterocycles. The molecule has 0 amide bonds. The number of carboxylic acids is 1. The van der Waals surface area contributed by atoms with Gasteiger partial charge in [0.2, 0.25) is 0 Å². The molecule has 82 valence electrons. The Balaban J connectivity index is 2.00. The third-order valence-corrected chi connectivity index (χ3v) is 2.74. The number of hydrogen-bond donors (Lipinski definition) is 2. The van der Waals surface area contributed by atoms with Crippen molar-refractivity contribution in [3.8, 4) is 0 Å². The van der Waals surface area contributed by atoms with Crippen LogP contribution in [0.2, 0.25) is 0 Å². The van der Waals surface area contributed by atoms with E-state index in [4.69, 9.17) is 5.11 Å². The first-order valence-electron chi connectivity index (χ1n) is 4.83. The Bertz CT molecular complexity index is 290. The first-order chi connectivity index (χ1) is 7.29. The van der Waals surface area contributed by atoms with E-state index in [2.05, 4.69) is 17.4 Å². The second kappa shape index (κ2) is 7.31. The molecule has 1 rings (SSSR count). The average molecular weight is 225 g/mol. The zero-order valence-corrected chi connectivity index (χ0v) is 9.30. The molecule has 15 heavy (non-hydrogen) atoms. The smallest absolute Gasteiger partial charge is 0.304 e. The van der Waals surface area contributed by atoms with Crippen molar-refractivity contribution in [1.29, 1.82) is 0 Å². The number of thioether (sulfide) groups is 1. The Kier molecular flexibility index (Phi) is 5.88. The van der Waals surface area contributed by atoms with Gasteiger partial charge in [-0.2, -0.15) is 0 Å². The number of aliphatic carboxylic acids is 1. The molecule has 4 heteroatoms. The minimum atomic E-state index is -0.731. The predicted molar refractivity (Wildman–Crippen MR) is 62.9 cm³/mol. The summed E-state index contributed by atoms with van der Waals surface area (Å²) >= 11 is 1.61. The molecule has 0 unspecified atom stereocenters. The van der Waals surface area contributed by atoms with Gasteiger partial charge in [-0.1, -0.05) is 30.3 Å². The van der Waals surface area contributed by atoms with Crippen LogP contribution in [0.5, 0.6) is 0 Å². The summed E-state index contributed by atoms with van der Waals surface area (Å²) in [5.41, 5.74) is 1.25. The fraction of sp³-hybridized carbons (Fsp3) is 0.364. The fourth-order valence-corrected chi connectivity index (χ4v) is 1.80. The molecule has 0 spiro atoms. The van der Waals surface area contributed by atoms with Crippen molar-refractivity contribution in [2.24, 2.45) is 0 Å². The topological polar surface area (TPSA) is 49.3 Å². The quantitative estimate of drug-likeness (QED) is 0.550. The summed E-state index contributed by atoms with van der Waals surface area (Å²) in [5.74, 6) is 0.727.